The highest BCUT2D eigenvalue weighted by atomic mass is 16.5. The second kappa shape index (κ2) is 6.38. The van der Waals surface area contributed by atoms with Crippen molar-refractivity contribution in [3.63, 3.8) is 0 Å². The van der Waals surface area contributed by atoms with Crippen LogP contribution in [0.5, 0.6) is 0 Å². The summed E-state index contributed by atoms with van der Waals surface area (Å²) in [5, 5.41) is 11.1. The number of nitrogens with two attached hydrogens (primary N) is 1. The number of hydrogen-bond donors (Lipinski definition) is 2. The Hall–Kier alpha value is -1.12. The van der Waals surface area contributed by atoms with Gasteiger partial charge < -0.3 is 15.8 Å². The molecule has 1 rings (SSSR count). The van der Waals surface area contributed by atoms with E-state index >= 15 is 0 Å². The van der Waals surface area contributed by atoms with Crippen LogP contribution in [-0.2, 0) is 9.53 Å². The highest BCUT2D eigenvalue weighted by molar-refractivity contribution is 5.80. The van der Waals surface area contributed by atoms with Gasteiger partial charge in [-0.25, -0.2) is 0 Å². The zero-order valence-corrected chi connectivity index (χ0v) is 8.74. The summed E-state index contributed by atoms with van der Waals surface area (Å²) in [5.74, 6) is -0.0797. The van der Waals surface area contributed by atoms with Crippen molar-refractivity contribution in [2.75, 3.05) is 13.1 Å². The van der Waals surface area contributed by atoms with Gasteiger partial charge in [0.1, 0.15) is 6.10 Å². The summed E-state index contributed by atoms with van der Waals surface area (Å²) in [6.45, 7) is 1.01. The maximum absolute atomic E-state index is 11.5. The predicted molar refractivity (Wildman–Crippen MR) is 54.8 cm³/mol. The Labute approximate surface area is 89.6 Å². The van der Waals surface area contributed by atoms with Crippen LogP contribution in [0.1, 0.15) is 25.7 Å². The summed E-state index contributed by atoms with van der Waals surface area (Å²) >= 11 is 0. The van der Waals surface area contributed by atoms with E-state index in [1.54, 1.807) is 0 Å². The van der Waals surface area contributed by atoms with E-state index in [1.807, 2.05) is 6.07 Å². The Balaban J connectivity index is 2.15. The number of rotatable bonds is 5. The minimum atomic E-state index is -0.347. The lowest BCUT2D eigenvalue weighted by atomic mass is 10.2. The van der Waals surface area contributed by atoms with Crippen molar-refractivity contribution in [2.45, 2.75) is 37.9 Å². The Morgan fingerprint density at radius 2 is 2.40 bits per heavy atom. The standard InChI is InChI=1S/C10H17N3O2/c11-5-1-2-6-13-10(14)9-4-3-8(7-12)15-9/h8-9H,1-4,6-7,12H2,(H,13,14). The van der Waals surface area contributed by atoms with Crippen LogP contribution in [0.25, 0.3) is 0 Å². The average Bonchev–Trinajstić information content (AvgIpc) is 2.72. The summed E-state index contributed by atoms with van der Waals surface area (Å²) in [6.07, 6.45) is 2.44. The second-order valence-electron chi connectivity index (χ2n) is 3.61. The summed E-state index contributed by atoms with van der Waals surface area (Å²) in [5.41, 5.74) is 5.44. The SMILES string of the molecule is N#CCCCNC(=O)C1CCC(CN)O1. The lowest BCUT2D eigenvalue weighted by Crippen LogP contribution is -2.35. The van der Waals surface area contributed by atoms with Crippen LogP contribution in [0.2, 0.25) is 0 Å². The van der Waals surface area contributed by atoms with Crippen molar-refractivity contribution in [2.24, 2.45) is 5.73 Å². The van der Waals surface area contributed by atoms with E-state index in [0.717, 1.165) is 12.8 Å². The van der Waals surface area contributed by atoms with Gasteiger partial charge in [-0.1, -0.05) is 0 Å². The highest BCUT2D eigenvalue weighted by Gasteiger charge is 2.29. The maximum Gasteiger partial charge on any atom is 0.249 e. The van der Waals surface area contributed by atoms with E-state index in [9.17, 15) is 4.79 Å². The Morgan fingerprint density at radius 1 is 1.60 bits per heavy atom. The largest absolute Gasteiger partial charge is 0.364 e. The van der Waals surface area contributed by atoms with Crippen molar-refractivity contribution in [1.82, 2.24) is 5.32 Å². The molecule has 1 heterocycles. The van der Waals surface area contributed by atoms with Crippen LogP contribution < -0.4 is 11.1 Å². The van der Waals surface area contributed by atoms with E-state index in [1.165, 1.54) is 0 Å². The molecule has 3 N–H and O–H groups in total. The number of carbonyl (C=O) groups is 1. The molecule has 0 aromatic carbocycles. The average molecular weight is 211 g/mol. The number of carbonyl (C=O) groups excluding carboxylic acids is 1. The predicted octanol–water partition coefficient (Wildman–Crippen LogP) is -0.0873. The third-order valence-corrected chi connectivity index (χ3v) is 2.43. The van der Waals surface area contributed by atoms with Crippen molar-refractivity contribution >= 4 is 5.91 Å². The zero-order chi connectivity index (χ0) is 11.1. The molecular weight excluding hydrogens is 194 g/mol. The molecule has 5 nitrogen and oxygen atoms in total. The first kappa shape index (κ1) is 12.0. The van der Waals surface area contributed by atoms with Gasteiger partial charge in [-0.2, -0.15) is 5.26 Å². The topological polar surface area (TPSA) is 88.1 Å². The van der Waals surface area contributed by atoms with Gasteiger partial charge in [-0.05, 0) is 19.3 Å². The van der Waals surface area contributed by atoms with Gasteiger partial charge in [0, 0.05) is 19.5 Å². The second-order valence-corrected chi connectivity index (χ2v) is 3.61. The molecule has 15 heavy (non-hydrogen) atoms. The molecule has 1 aliphatic rings. The first-order valence-corrected chi connectivity index (χ1v) is 5.28. The summed E-state index contributed by atoms with van der Waals surface area (Å²) in [7, 11) is 0. The first-order valence-electron chi connectivity index (χ1n) is 5.28. The Bertz CT molecular complexity index is 250. The van der Waals surface area contributed by atoms with Crippen LogP contribution in [-0.4, -0.2) is 31.2 Å². The van der Waals surface area contributed by atoms with Gasteiger partial charge in [0.15, 0.2) is 0 Å². The number of nitrogens with one attached hydrogen (secondary N) is 1. The third kappa shape index (κ3) is 3.86. The lowest BCUT2D eigenvalue weighted by molar-refractivity contribution is -0.131. The fourth-order valence-electron chi connectivity index (χ4n) is 1.56. The van der Waals surface area contributed by atoms with Gasteiger partial charge in [0.25, 0.3) is 0 Å². The van der Waals surface area contributed by atoms with E-state index in [0.29, 0.717) is 25.9 Å². The maximum atomic E-state index is 11.5. The fourth-order valence-corrected chi connectivity index (χ4v) is 1.56. The van der Waals surface area contributed by atoms with Crippen LogP contribution >= 0.6 is 0 Å². The van der Waals surface area contributed by atoms with Crippen LogP contribution in [0, 0.1) is 11.3 Å². The van der Waals surface area contributed by atoms with Crippen molar-refractivity contribution in [3.8, 4) is 6.07 Å². The number of unbranched alkanes of at least 4 members (excludes halogenated alkanes) is 1. The molecule has 0 saturated carbocycles. The Kier molecular flexibility index (Phi) is 5.08. The summed E-state index contributed by atoms with van der Waals surface area (Å²) in [6, 6.07) is 2.03. The van der Waals surface area contributed by atoms with E-state index in [2.05, 4.69) is 5.32 Å². The minimum absolute atomic E-state index is 0.0276. The number of ether oxygens (including phenoxy) is 1. The van der Waals surface area contributed by atoms with Crippen LogP contribution in [0.15, 0.2) is 0 Å². The van der Waals surface area contributed by atoms with E-state index < -0.39 is 0 Å². The quantitative estimate of drug-likeness (QED) is 0.622. The van der Waals surface area contributed by atoms with E-state index in [4.69, 9.17) is 15.7 Å². The number of hydrogen-bond acceptors (Lipinski definition) is 4. The zero-order valence-electron chi connectivity index (χ0n) is 8.74. The molecule has 84 valence electrons. The van der Waals surface area contributed by atoms with Crippen LogP contribution in [0.4, 0.5) is 0 Å². The van der Waals surface area contributed by atoms with E-state index in [-0.39, 0.29) is 18.1 Å². The molecule has 2 unspecified atom stereocenters. The fraction of sp³-hybridized carbons (Fsp3) is 0.800. The minimum Gasteiger partial charge on any atom is -0.364 e. The first-order chi connectivity index (χ1) is 7.27. The third-order valence-electron chi connectivity index (χ3n) is 2.43. The molecule has 5 heteroatoms. The number of amides is 1. The monoisotopic (exact) mass is 211 g/mol. The molecule has 1 fully saturated rings. The highest BCUT2D eigenvalue weighted by Crippen LogP contribution is 2.18. The van der Waals surface area contributed by atoms with Crippen molar-refractivity contribution in [3.05, 3.63) is 0 Å². The van der Waals surface area contributed by atoms with Gasteiger partial charge >= 0.3 is 0 Å². The molecule has 2 atom stereocenters. The van der Waals surface area contributed by atoms with Gasteiger partial charge in [0.2, 0.25) is 5.91 Å². The van der Waals surface area contributed by atoms with Crippen molar-refractivity contribution in [1.29, 1.82) is 5.26 Å². The summed E-state index contributed by atoms with van der Waals surface area (Å²) in [4.78, 5) is 11.5. The molecular formula is C10H17N3O2. The number of nitrogens with zero attached hydrogens (tertiary/aromatic N) is 1. The molecule has 1 amide bonds. The van der Waals surface area contributed by atoms with Crippen LogP contribution in [0.3, 0.4) is 0 Å². The lowest BCUT2D eigenvalue weighted by Gasteiger charge is -2.12. The molecule has 0 aromatic heterocycles. The molecule has 0 aliphatic carbocycles. The normalized spacial score (nSPS) is 24.8. The number of nitriles is 1. The smallest absolute Gasteiger partial charge is 0.249 e. The molecule has 0 spiro atoms. The molecule has 0 bridgehead atoms. The van der Waals surface area contributed by atoms with Gasteiger partial charge in [-0.3, -0.25) is 4.79 Å². The van der Waals surface area contributed by atoms with Gasteiger partial charge in [0.05, 0.1) is 12.2 Å². The summed E-state index contributed by atoms with van der Waals surface area (Å²) < 4.78 is 5.43. The molecule has 1 aliphatic heterocycles. The molecule has 0 aromatic rings. The van der Waals surface area contributed by atoms with Crippen molar-refractivity contribution < 1.29 is 9.53 Å². The molecule has 0 radical (unpaired) electrons. The Morgan fingerprint density at radius 3 is 3.00 bits per heavy atom. The van der Waals surface area contributed by atoms with Gasteiger partial charge in [-0.15, -0.1) is 0 Å². The molecule has 1 saturated heterocycles.